The highest BCUT2D eigenvalue weighted by Crippen LogP contribution is 2.32. The highest BCUT2D eigenvalue weighted by Gasteiger charge is 2.15. The van der Waals surface area contributed by atoms with Gasteiger partial charge in [-0.15, -0.1) is 0 Å². The van der Waals surface area contributed by atoms with Gasteiger partial charge in [0, 0.05) is 18.1 Å². The Labute approximate surface area is 138 Å². The van der Waals surface area contributed by atoms with Gasteiger partial charge in [-0.05, 0) is 57.9 Å². The summed E-state index contributed by atoms with van der Waals surface area (Å²) in [5, 5.41) is 0.515. The first-order chi connectivity index (χ1) is 10.5. The topological polar surface area (TPSA) is 29.0 Å². The highest BCUT2D eigenvalue weighted by atomic mass is 79.9. The molecule has 3 aromatic rings. The number of halogens is 4. The van der Waals surface area contributed by atoms with Crippen molar-refractivity contribution < 1.29 is 8.78 Å². The van der Waals surface area contributed by atoms with E-state index < -0.39 is 5.82 Å². The zero-order valence-electron chi connectivity index (χ0n) is 11.3. The standard InChI is InChI=1S/C15H9BrClF2N3/c1-22(9-4-2-3-8(18)5-9)14-10-6-12(19)11(16)7-13(10)20-15(17)21-14/h2-7H,1H3. The number of hydrogen-bond donors (Lipinski definition) is 0. The summed E-state index contributed by atoms with van der Waals surface area (Å²) < 4.78 is 27.5. The third-order valence-electron chi connectivity index (χ3n) is 3.20. The maximum atomic E-state index is 13.8. The van der Waals surface area contributed by atoms with E-state index in [0.717, 1.165) is 0 Å². The highest BCUT2D eigenvalue weighted by molar-refractivity contribution is 9.10. The van der Waals surface area contributed by atoms with Gasteiger partial charge in [-0.25, -0.2) is 13.8 Å². The molecule has 1 aromatic heterocycles. The molecule has 0 aliphatic heterocycles. The van der Waals surface area contributed by atoms with Crippen LogP contribution in [-0.4, -0.2) is 17.0 Å². The molecule has 22 heavy (non-hydrogen) atoms. The van der Waals surface area contributed by atoms with Crippen LogP contribution in [0.2, 0.25) is 5.28 Å². The second kappa shape index (κ2) is 5.78. The van der Waals surface area contributed by atoms with Crippen LogP contribution in [0.3, 0.4) is 0 Å². The van der Waals surface area contributed by atoms with Crippen molar-refractivity contribution in [2.24, 2.45) is 0 Å². The van der Waals surface area contributed by atoms with Gasteiger partial charge in [0.1, 0.15) is 17.5 Å². The number of anilines is 2. The number of aromatic nitrogens is 2. The summed E-state index contributed by atoms with van der Waals surface area (Å²) in [4.78, 5) is 9.87. The van der Waals surface area contributed by atoms with Crippen LogP contribution in [0.15, 0.2) is 40.9 Å². The first-order valence-corrected chi connectivity index (χ1v) is 7.44. The predicted molar refractivity (Wildman–Crippen MR) is 86.7 cm³/mol. The van der Waals surface area contributed by atoms with Gasteiger partial charge < -0.3 is 4.90 Å². The van der Waals surface area contributed by atoms with Gasteiger partial charge in [0.05, 0.1) is 9.99 Å². The van der Waals surface area contributed by atoms with Crippen molar-refractivity contribution in [3.63, 3.8) is 0 Å². The van der Waals surface area contributed by atoms with E-state index in [1.807, 2.05) is 0 Å². The van der Waals surface area contributed by atoms with Crippen LogP contribution >= 0.6 is 27.5 Å². The molecular formula is C15H9BrClF2N3. The maximum absolute atomic E-state index is 13.8. The molecule has 3 rings (SSSR count). The van der Waals surface area contributed by atoms with Crippen molar-refractivity contribution in [1.29, 1.82) is 0 Å². The van der Waals surface area contributed by atoms with Gasteiger partial charge >= 0.3 is 0 Å². The molecule has 0 aliphatic rings. The second-order valence-electron chi connectivity index (χ2n) is 4.64. The Morgan fingerprint density at radius 1 is 1.14 bits per heavy atom. The molecule has 1 heterocycles. The van der Waals surface area contributed by atoms with Crippen molar-refractivity contribution in [3.05, 3.63) is 57.8 Å². The Hall–Kier alpha value is -1.79. The van der Waals surface area contributed by atoms with Crippen LogP contribution in [0.1, 0.15) is 0 Å². The molecule has 7 heteroatoms. The van der Waals surface area contributed by atoms with Crippen molar-refractivity contribution in [2.45, 2.75) is 0 Å². The number of fused-ring (bicyclic) bond motifs is 1. The van der Waals surface area contributed by atoms with E-state index in [1.165, 1.54) is 24.3 Å². The molecule has 0 aliphatic carbocycles. The van der Waals surface area contributed by atoms with E-state index in [9.17, 15) is 8.78 Å². The zero-order chi connectivity index (χ0) is 15.9. The Kier molecular flexibility index (Phi) is 3.97. The summed E-state index contributed by atoms with van der Waals surface area (Å²) >= 11 is 9.06. The van der Waals surface area contributed by atoms with E-state index in [0.29, 0.717) is 22.4 Å². The minimum atomic E-state index is -0.438. The smallest absolute Gasteiger partial charge is 0.224 e. The fourth-order valence-corrected chi connectivity index (χ4v) is 2.65. The molecule has 0 amide bonds. The lowest BCUT2D eigenvalue weighted by Crippen LogP contribution is -2.12. The summed E-state index contributed by atoms with van der Waals surface area (Å²) in [6.45, 7) is 0. The molecule has 0 radical (unpaired) electrons. The molecule has 0 saturated carbocycles. The van der Waals surface area contributed by atoms with Crippen molar-refractivity contribution in [3.8, 4) is 0 Å². The number of hydrogen-bond acceptors (Lipinski definition) is 3. The molecule has 2 aromatic carbocycles. The van der Waals surface area contributed by atoms with Gasteiger partial charge in [-0.2, -0.15) is 4.98 Å². The van der Waals surface area contributed by atoms with E-state index in [2.05, 4.69) is 25.9 Å². The van der Waals surface area contributed by atoms with Crippen LogP contribution in [0, 0.1) is 11.6 Å². The fourth-order valence-electron chi connectivity index (χ4n) is 2.14. The lowest BCUT2D eigenvalue weighted by atomic mass is 10.2. The molecule has 112 valence electrons. The minimum Gasteiger partial charge on any atom is -0.329 e. The van der Waals surface area contributed by atoms with Crippen LogP contribution in [0.4, 0.5) is 20.3 Å². The fraction of sp³-hybridized carbons (Fsp3) is 0.0667. The minimum absolute atomic E-state index is 0.0317. The molecule has 0 fully saturated rings. The first-order valence-electron chi connectivity index (χ1n) is 6.27. The Morgan fingerprint density at radius 2 is 1.91 bits per heavy atom. The third-order valence-corrected chi connectivity index (χ3v) is 3.98. The van der Waals surface area contributed by atoms with Crippen molar-refractivity contribution in [2.75, 3.05) is 11.9 Å². The molecule has 0 N–H and O–H groups in total. The maximum Gasteiger partial charge on any atom is 0.224 e. The lowest BCUT2D eigenvalue weighted by molar-refractivity contribution is 0.623. The van der Waals surface area contributed by atoms with E-state index in [1.54, 1.807) is 24.1 Å². The molecule has 0 atom stereocenters. The van der Waals surface area contributed by atoms with Gasteiger partial charge in [0.25, 0.3) is 0 Å². The first kappa shape index (κ1) is 15.1. The number of nitrogens with zero attached hydrogens (tertiary/aromatic N) is 3. The van der Waals surface area contributed by atoms with Gasteiger partial charge in [-0.1, -0.05) is 6.07 Å². The van der Waals surface area contributed by atoms with E-state index >= 15 is 0 Å². The molecule has 3 nitrogen and oxygen atoms in total. The largest absolute Gasteiger partial charge is 0.329 e. The predicted octanol–water partition coefficient (Wildman–Crippen LogP) is 5.09. The monoisotopic (exact) mass is 383 g/mol. The molecule has 0 unspecified atom stereocenters. The molecule has 0 spiro atoms. The Morgan fingerprint density at radius 3 is 2.64 bits per heavy atom. The lowest BCUT2D eigenvalue weighted by Gasteiger charge is -2.20. The zero-order valence-corrected chi connectivity index (χ0v) is 13.7. The second-order valence-corrected chi connectivity index (χ2v) is 5.83. The third kappa shape index (κ3) is 2.76. The van der Waals surface area contributed by atoms with Gasteiger partial charge in [0.15, 0.2) is 0 Å². The summed E-state index contributed by atoms with van der Waals surface area (Å²) in [6.07, 6.45) is 0. The molecule has 0 saturated heterocycles. The summed E-state index contributed by atoms with van der Waals surface area (Å²) in [5.74, 6) is -0.415. The Balaban J connectivity index is 2.23. The van der Waals surface area contributed by atoms with Crippen molar-refractivity contribution in [1.82, 2.24) is 9.97 Å². The normalized spacial score (nSPS) is 11.0. The quantitative estimate of drug-likeness (QED) is 0.576. The average molecular weight is 385 g/mol. The van der Waals surface area contributed by atoms with E-state index in [-0.39, 0.29) is 15.6 Å². The van der Waals surface area contributed by atoms with Crippen LogP contribution in [0.25, 0.3) is 10.9 Å². The van der Waals surface area contributed by atoms with Crippen LogP contribution in [-0.2, 0) is 0 Å². The summed E-state index contributed by atoms with van der Waals surface area (Å²) in [7, 11) is 1.70. The Bertz CT molecular complexity index is 873. The number of benzene rings is 2. The van der Waals surface area contributed by atoms with Crippen LogP contribution in [0.5, 0.6) is 0 Å². The number of rotatable bonds is 2. The molecular weight excluding hydrogens is 376 g/mol. The van der Waals surface area contributed by atoms with E-state index in [4.69, 9.17) is 11.6 Å². The van der Waals surface area contributed by atoms with Crippen molar-refractivity contribution >= 4 is 49.9 Å². The summed E-state index contributed by atoms with van der Waals surface area (Å²) in [5.41, 5.74) is 1.06. The average Bonchev–Trinajstić information content (AvgIpc) is 2.47. The SMILES string of the molecule is CN(c1cccc(F)c1)c1nc(Cl)nc2cc(Br)c(F)cc12. The molecule has 0 bridgehead atoms. The van der Waals surface area contributed by atoms with Gasteiger partial charge in [-0.3, -0.25) is 0 Å². The van der Waals surface area contributed by atoms with Gasteiger partial charge in [0.2, 0.25) is 5.28 Å². The summed E-state index contributed by atoms with van der Waals surface area (Å²) in [6, 6.07) is 8.86. The van der Waals surface area contributed by atoms with Crippen LogP contribution < -0.4 is 4.90 Å².